The quantitative estimate of drug-likeness (QED) is 0.451. The van der Waals surface area contributed by atoms with Crippen LogP contribution in [-0.2, 0) is 23.1 Å². The van der Waals surface area contributed by atoms with Crippen molar-refractivity contribution in [1.82, 2.24) is 9.80 Å². The van der Waals surface area contributed by atoms with E-state index in [4.69, 9.17) is 9.47 Å². The van der Waals surface area contributed by atoms with Crippen molar-refractivity contribution in [3.63, 3.8) is 0 Å². The molecule has 43 heavy (non-hydrogen) atoms. The van der Waals surface area contributed by atoms with Crippen molar-refractivity contribution in [1.29, 1.82) is 0 Å². The Balaban J connectivity index is 1.23. The molecule has 0 aromatic heterocycles. The van der Waals surface area contributed by atoms with E-state index in [9.17, 15) is 9.90 Å². The van der Waals surface area contributed by atoms with Crippen LogP contribution >= 0.6 is 0 Å². The molecule has 2 bridgehead atoms. The molecule has 2 aliphatic carbocycles. The third-order valence-electron chi connectivity index (χ3n) is 10.9. The van der Waals surface area contributed by atoms with Gasteiger partial charge in [-0.3, -0.25) is 9.69 Å². The molecule has 1 amide bonds. The van der Waals surface area contributed by atoms with E-state index in [0.717, 1.165) is 54.8 Å². The van der Waals surface area contributed by atoms with Crippen LogP contribution in [0.3, 0.4) is 0 Å². The number of aryl methyl sites for hydroxylation is 2. The molecule has 0 unspecified atom stereocenters. The SMILES string of the molecule is COc1ccc2c3c1O[C@H]1[C@H](N(C)C(=O)C#Cc4ccc(C)c(C)c4)CC[C@@]4(O)[C@@H](C2)N(CCc2ccccc2)CC[C@]314. The summed E-state index contributed by atoms with van der Waals surface area (Å²) in [5.41, 5.74) is 5.24. The van der Waals surface area contributed by atoms with Crippen molar-refractivity contribution in [2.75, 3.05) is 27.2 Å². The molecule has 222 valence electrons. The molecule has 2 fully saturated rings. The summed E-state index contributed by atoms with van der Waals surface area (Å²) < 4.78 is 12.6. The molecule has 5 atom stereocenters. The Bertz CT molecular complexity index is 1640. The van der Waals surface area contributed by atoms with Gasteiger partial charge in [0.1, 0.15) is 6.10 Å². The Morgan fingerprint density at radius 1 is 1.12 bits per heavy atom. The molecule has 1 saturated carbocycles. The maximum atomic E-state index is 13.5. The fourth-order valence-electron chi connectivity index (χ4n) is 8.52. The zero-order valence-electron chi connectivity index (χ0n) is 25.5. The molecule has 0 radical (unpaired) electrons. The third-order valence-corrected chi connectivity index (χ3v) is 10.9. The van der Waals surface area contributed by atoms with Crippen LogP contribution in [0.2, 0.25) is 0 Å². The molecular formula is C37H40N2O4. The Morgan fingerprint density at radius 2 is 1.93 bits per heavy atom. The van der Waals surface area contributed by atoms with Crippen molar-refractivity contribution in [2.45, 2.75) is 75.2 Å². The number of piperidine rings is 1. The average Bonchev–Trinajstić information content (AvgIpc) is 3.37. The van der Waals surface area contributed by atoms with Gasteiger partial charge in [-0.2, -0.15) is 0 Å². The molecule has 1 spiro atoms. The van der Waals surface area contributed by atoms with Gasteiger partial charge in [-0.05, 0) is 92.9 Å². The van der Waals surface area contributed by atoms with Gasteiger partial charge in [-0.15, -0.1) is 0 Å². The van der Waals surface area contributed by atoms with Crippen LogP contribution < -0.4 is 9.47 Å². The lowest BCUT2D eigenvalue weighted by molar-refractivity contribution is -0.199. The monoisotopic (exact) mass is 576 g/mol. The second kappa shape index (κ2) is 10.4. The van der Waals surface area contributed by atoms with Crippen LogP contribution in [0.4, 0.5) is 0 Å². The molecule has 6 heteroatoms. The number of hydrogen-bond acceptors (Lipinski definition) is 5. The number of nitrogens with zero attached hydrogens (tertiary/aromatic N) is 2. The highest BCUT2D eigenvalue weighted by atomic mass is 16.5. The van der Waals surface area contributed by atoms with Gasteiger partial charge >= 0.3 is 0 Å². The normalized spacial score (nSPS) is 28.3. The first kappa shape index (κ1) is 28.0. The molecule has 2 aliphatic heterocycles. The first-order valence-corrected chi connectivity index (χ1v) is 15.5. The minimum absolute atomic E-state index is 0.0190. The van der Waals surface area contributed by atoms with E-state index in [-0.39, 0.29) is 24.1 Å². The van der Waals surface area contributed by atoms with Crippen LogP contribution in [-0.4, -0.2) is 71.8 Å². The number of benzene rings is 3. The van der Waals surface area contributed by atoms with Crippen LogP contribution in [0.15, 0.2) is 60.7 Å². The van der Waals surface area contributed by atoms with Gasteiger partial charge in [0.15, 0.2) is 11.5 Å². The number of amides is 1. The molecular weight excluding hydrogens is 536 g/mol. The summed E-state index contributed by atoms with van der Waals surface area (Å²) in [6.45, 7) is 5.89. The number of carbonyl (C=O) groups is 1. The van der Waals surface area contributed by atoms with Crippen molar-refractivity contribution < 1.29 is 19.4 Å². The lowest BCUT2D eigenvalue weighted by atomic mass is 9.48. The average molecular weight is 577 g/mol. The molecule has 3 aromatic carbocycles. The molecule has 6 nitrogen and oxygen atoms in total. The van der Waals surface area contributed by atoms with E-state index in [0.29, 0.717) is 18.6 Å². The maximum absolute atomic E-state index is 13.5. The fourth-order valence-corrected chi connectivity index (χ4v) is 8.52. The minimum atomic E-state index is -0.970. The second-order valence-electron chi connectivity index (χ2n) is 12.9. The maximum Gasteiger partial charge on any atom is 0.298 e. The third kappa shape index (κ3) is 4.20. The summed E-state index contributed by atoms with van der Waals surface area (Å²) in [6, 6.07) is 20.5. The van der Waals surface area contributed by atoms with Gasteiger partial charge in [0.2, 0.25) is 0 Å². The largest absolute Gasteiger partial charge is 0.493 e. The molecule has 7 rings (SSSR count). The summed E-state index contributed by atoms with van der Waals surface area (Å²) in [6.07, 6.45) is 3.34. The minimum Gasteiger partial charge on any atom is -0.493 e. The zero-order valence-corrected chi connectivity index (χ0v) is 25.5. The highest BCUT2D eigenvalue weighted by Crippen LogP contribution is 2.65. The number of hydrogen-bond donors (Lipinski definition) is 1. The highest BCUT2D eigenvalue weighted by molar-refractivity contribution is 5.94. The Morgan fingerprint density at radius 3 is 2.70 bits per heavy atom. The second-order valence-corrected chi connectivity index (χ2v) is 12.9. The summed E-state index contributed by atoms with van der Waals surface area (Å²) in [5.74, 6) is 7.18. The summed E-state index contributed by atoms with van der Waals surface area (Å²) in [7, 11) is 3.50. The van der Waals surface area contributed by atoms with Crippen LogP contribution in [0.1, 0.15) is 52.6 Å². The summed E-state index contributed by atoms with van der Waals surface area (Å²) in [4.78, 5) is 17.8. The molecule has 4 aliphatic rings. The van der Waals surface area contributed by atoms with E-state index in [1.807, 2.05) is 31.3 Å². The van der Waals surface area contributed by atoms with Gasteiger partial charge in [-0.25, -0.2) is 0 Å². The van der Waals surface area contributed by atoms with Gasteiger partial charge in [0.05, 0.1) is 24.2 Å². The van der Waals surface area contributed by atoms with Gasteiger partial charge in [0, 0.05) is 36.7 Å². The Kier molecular flexibility index (Phi) is 6.80. The Hall–Kier alpha value is -3.79. The van der Waals surface area contributed by atoms with E-state index in [2.05, 4.69) is 67.0 Å². The number of methoxy groups -OCH3 is 1. The first-order chi connectivity index (χ1) is 20.8. The first-order valence-electron chi connectivity index (χ1n) is 15.5. The van der Waals surface area contributed by atoms with E-state index in [1.54, 1.807) is 12.0 Å². The van der Waals surface area contributed by atoms with Gasteiger partial charge in [0.25, 0.3) is 5.91 Å². The van der Waals surface area contributed by atoms with Crippen molar-refractivity contribution in [2.24, 2.45) is 0 Å². The standard InChI is InChI=1S/C37H40N2O4/c1-24-10-11-27(22-25(24)2)12-15-32(40)38(3)29-16-18-37(41)31-23-28-13-14-30(42-4)34-33(28)36(37,35(29)43-34)19-21-39(31)20-17-26-8-6-5-7-9-26/h5-11,13-14,22,29,31,35,41H,16-21,23H2,1-4H3/t29-,31-,35+,36+,37-/m1/s1. The van der Waals surface area contributed by atoms with Crippen LogP contribution in [0, 0.1) is 25.7 Å². The highest BCUT2D eigenvalue weighted by Gasteiger charge is 2.73. The van der Waals surface area contributed by atoms with Crippen LogP contribution in [0.25, 0.3) is 0 Å². The van der Waals surface area contributed by atoms with Gasteiger partial charge in [-0.1, -0.05) is 48.4 Å². The Labute approximate surface area is 254 Å². The van der Waals surface area contributed by atoms with E-state index in [1.165, 1.54) is 16.7 Å². The fraction of sp³-hybridized carbons (Fsp3) is 0.432. The topological polar surface area (TPSA) is 62.2 Å². The van der Waals surface area contributed by atoms with Crippen LogP contribution in [0.5, 0.6) is 11.5 Å². The van der Waals surface area contributed by atoms with Crippen molar-refractivity contribution in [3.05, 3.63) is 94.0 Å². The van der Waals surface area contributed by atoms with Gasteiger partial charge < -0.3 is 19.5 Å². The molecule has 1 saturated heterocycles. The zero-order chi connectivity index (χ0) is 29.9. The van der Waals surface area contributed by atoms with E-state index < -0.39 is 11.0 Å². The smallest absolute Gasteiger partial charge is 0.298 e. The molecule has 1 N–H and O–H groups in total. The number of likely N-dealkylation sites (N-methyl/N-ethyl adjacent to an activating group) is 1. The summed E-state index contributed by atoms with van der Waals surface area (Å²) >= 11 is 0. The lowest BCUT2D eigenvalue weighted by Gasteiger charge is -2.64. The molecule has 3 aromatic rings. The predicted octanol–water partition coefficient (Wildman–Crippen LogP) is 4.59. The van der Waals surface area contributed by atoms with Crippen molar-refractivity contribution >= 4 is 5.91 Å². The number of likely N-dealkylation sites (tertiary alicyclic amines) is 1. The number of ether oxygens (including phenoxy) is 2. The summed E-state index contributed by atoms with van der Waals surface area (Å²) in [5, 5.41) is 12.9. The predicted molar refractivity (Wildman–Crippen MR) is 166 cm³/mol. The number of aliphatic hydroxyl groups is 1. The van der Waals surface area contributed by atoms with Crippen molar-refractivity contribution in [3.8, 4) is 23.3 Å². The number of rotatable bonds is 5. The number of carbonyl (C=O) groups excluding carboxylic acids is 1. The lowest BCUT2D eigenvalue weighted by Crippen LogP contribution is -2.78. The van der Waals surface area contributed by atoms with E-state index >= 15 is 0 Å². The molecule has 2 heterocycles.